The number of nitrogens with one attached hydrogen (secondary N) is 1. The van der Waals surface area contributed by atoms with Gasteiger partial charge < -0.3 is 0 Å². The normalized spacial score (nSPS) is 18.2. The molecule has 0 aromatic carbocycles. The second-order valence-corrected chi connectivity index (χ2v) is 6.62. The maximum Gasteiger partial charge on any atom is 0.272 e. The van der Waals surface area contributed by atoms with E-state index >= 15 is 0 Å². The third-order valence-corrected chi connectivity index (χ3v) is 5.29. The lowest BCUT2D eigenvalue weighted by Crippen LogP contribution is -2.15. The highest BCUT2D eigenvalue weighted by Crippen LogP contribution is 2.27. The Morgan fingerprint density at radius 2 is 2.55 bits per heavy atom. The van der Waals surface area contributed by atoms with Crippen molar-refractivity contribution in [2.75, 3.05) is 5.75 Å². The maximum atomic E-state index is 11.9. The molecule has 3 heterocycles. The molecule has 2 aromatic heterocycles. The van der Waals surface area contributed by atoms with Crippen LogP contribution in [-0.2, 0) is 5.75 Å². The van der Waals surface area contributed by atoms with Crippen molar-refractivity contribution in [1.82, 2.24) is 14.6 Å². The predicted molar refractivity (Wildman–Crippen MR) is 81.2 cm³/mol. The molecular formula is C12H11N5OS2. The molecule has 6 nitrogen and oxygen atoms in total. The summed E-state index contributed by atoms with van der Waals surface area (Å²) >= 11 is 3.31. The Bertz CT molecular complexity index is 785. The fraction of sp³-hybridized carbons (Fsp3) is 0.333. The van der Waals surface area contributed by atoms with Gasteiger partial charge in [-0.1, -0.05) is 23.5 Å². The molecule has 8 heteroatoms. The van der Waals surface area contributed by atoms with Crippen molar-refractivity contribution in [3.05, 3.63) is 33.9 Å². The lowest BCUT2D eigenvalue weighted by Gasteiger charge is -2.01. The summed E-state index contributed by atoms with van der Waals surface area (Å²) in [6.45, 7) is 2.08. The highest BCUT2D eigenvalue weighted by molar-refractivity contribution is 8.38. The van der Waals surface area contributed by atoms with Crippen LogP contribution in [0.3, 0.4) is 0 Å². The first-order chi connectivity index (χ1) is 9.67. The number of aromatic amines is 1. The number of hydrogen-bond donors (Lipinski definition) is 1. The molecule has 1 aliphatic heterocycles. The van der Waals surface area contributed by atoms with Gasteiger partial charge >= 0.3 is 0 Å². The molecule has 1 atom stereocenters. The van der Waals surface area contributed by atoms with Crippen LogP contribution in [0.1, 0.15) is 18.2 Å². The van der Waals surface area contributed by atoms with E-state index < -0.39 is 0 Å². The fourth-order valence-corrected chi connectivity index (χ4v) is 3.95. The lowest BCUT2D eigenvalue weighted by molar-refractivity contribution is 0.867. The molecule has 0 bridgehead atoms. The van der Waals surface area contributed by atoms with Crippen molar-refractivity contribution in [2.45, 2.75) is 18.7 Å². The second-order valence-electron chi connectivity index (χ2n) is 4.39. The van der Waals surface area contributed by atoms with E-state index in [0.29, 0.717) is 28.7 Å². The van der Waals surface area contributed by atoms with Crippen LogP contribution in [0.2, 0.25) is 0 Å². The van der Waals surface area contributed by atoms with Gasteiger partial charge in [-0.05, 0) is 6.92 Å². The zero-order chi connectivity index (χ0) is 14.1. The number of thioether (sulfide) groups is 2. The fourth-order valence-electron chi connectivity index (χ4n) is 1.85. The number of hydrogen-bond acceptors (Lipinski definition) is 6. The summed E-state index contributed by atoms with van der Waals surface area (Å²) in [5.74, 6) is 1.59. The molecule has 0 saturated heterocycles. The molecule has 0 aliphatic carbocycles. The molecule has 2 aromatic rings. The van der Waals surface area contributed by atoms with Crippen LogP contribution in [0.15, 0.2) is 22.1 Å². The molecule has 0 radical (unpaired) electrons. The third kappa shape index (κ3) is 2.46. The summed E-state index contributed by atoms with van der Waals surface area (Å²) in [5, 5.41) is 11.7. The molecule has 0 unspecified atom stereocenters. The average Bonchev–Trinajstić information content (AvgIpc) is 3.02. The van der Waals surface area contributed by atoms with Crippen LogP contribution in [0.4, 0.5) is 0 Å². The van der Waals surface area contributed by atoms with Crippen molar-refractivity contribution in [3.63, 3.8) is 0 Å². The van der Waals surface area contributed by atoms with Gasteiger partial charge in [0.2, 0.25) is 0 Å². The summed E-state index contributed by atoms with van der Waals surface area (Å²) in [6.07, 6.45) is 1.49. The van der Waals surface area contributed by atoms with Gasteiger partial charge in [-0.2, -0.15) is 5.26 Å². The van der Waals surface area contributed by atoms with E-state index in [1.165, 1.54) is 16.8 Å². The van der Waals surface area contributed by atoms with Gasteiger partial charge in [-0.3, -0.25) is 14.9 Å². The zero-order valence-corrected chi connectivity index (χ0v) is 12.3. The summed E-state index contributed by atoms with van der Waals surface area (Å²) in [4.78, 5) is 20.8. The van der Waals surface area contributed by atoms with E-state index in [1.807, 2.05) is 6.07 Å². The van der Waals surface area contributed by atoms with E-state index in [2.05, 4.69) is 22.0 Å². The third-order valence-electron chi connectivity index (χ3n) is 2.79. The van der Waals surface area contributed by atoms with Crippen molar-refractivity contribution in [2.24, 2.45) is 4.99 Å². The van der Waals surface area contributed by atoms with Crippen molar-refractivity contribution < 1.29 is 0 Å². The number of nitrogens with zero attached hydrogens (tertiary/aromatic N) is 4. The number of aliphatic imine (C=N–C) groups is 1. The van der Waals surface area contributed by atoms with E-state index in [9.17, 15) is 4.79 Å². The van der Waals surface area contributed by atoms with Gasteiger partial charge in [-0.25, -0.2) is 9.50 Å². The zero-order valence-electron chi connectivity index (χ0n) is 10.7. The van der Waals surface area contributed by atoms with E-state index in [0.717, 1.165) is 10.1 Å². The van der Waals surface area contributed by atoms with Crippen molar-refractivity contribution in [1.29, 1.82) is 5.26 Å². The Kier molecular flexibility index (Phi) is 3.54. The molecule has 0 spiro atoms. The largest absolute Gasteiger partial charge is 0.295 e. The maximum absolute atomic E-state index is 11.9. The number of aromatic nitrogens is 3. The topological polar surface area (TPSA) is 86.3 Å². The molecular weight excluding hydrogens is 294 g/mol. The first-order valence-corrected chi connectivity index (χ1v) is 7.98. The van der Waals surface area contributed by atoms with Crippen LogP contribution in [0.5, 0.6) is 0 Å². The monoisotopic (exact) mass is 305 g/mol. The van der Waals surface area contributed by atoms with Crippen molar-refractivity contribution >= 4 is 33.5 Å². The van der Waals surface area contributed by atoms with E-state index in [1.54, 1.807) is 23.5 Å². The molecule has 0 fully saturated rings. The molecule has 1 aliphatic rings. The van der Waals surface area contributed by atoms with Gasteiger partial charge in [0.15, 0.2) is 5.65 Å². The number of fused-ring (bicyclic) bond motifs is 1. The van der Waals surface area contributed by atoms with E-state index in [4.69, 9.17) is 5.26 Å². The molecule has 0 saturated carbocycles. The smallest absolute Gasteiger partial charge is 0.272 e. The molecule has 1 N–H and O–H groups in total. The highest BCUT2D eigenvalue weighted by atomic mass is 32.2. The summed E-state index contributed by atoms with van der Waals surface area (Å²) in [7, 11) is 0. The Morgan fingerprint density at radius 3 is 3.25 bits per heavy atom. The lowest BCUT2D eigenvalue weighted by atomic mass is 10.3. The van der Waals surface area contributed by atoms with Gasteiger partial charge in [0.25, 0.3) is 5.56 Å². The Hall–Kier alpha value is -1.72. The van der Waals surface area contributed by atoms with Crippen LogP contribution in [0, 0.1) is 11.3 Å². The van der Waals surface area contributed by atoms with Crippen LogP contribution in [-0.4, -0.2) is 30.8 Å². The molecule has 102 valence electrons. The van der Waals surface area contributed by atoms with Crippen LogP contribution in [0.25, 0.3) is 5.65 Å². The van der Waals surface area contributed by atoms with Crippen LogP contribution >= 0.6 is 23.5 Å². The summed E-state index contributed by atoms with van der Waals surface area (Å²) in [6, 6.07) is 3.87. The van der Waals surface area contributed by atoms with Gasteiger partial charge in [-0.15, -0.1) is 0 Å². The second kappa shape index (κ2) is 5.34. The Labute approximate surface area is 123 Å². The van der Waals surface area contributed by atoms with Crippen LogP contribution < -0.4 is 5.56 Å². The van der Waals surface area contributed by atoms with Gasteiger partial charge in [0.05, 0.1) is 11.7 Å². The quantitative estimate of drug-likeness (QED) is 0.911. The number of H-pyrrole nitrogens is 1. The summed E-state index contributed by atoms with van der Waals surface area (Å²) in [5.41, 5.74) is 1.21. The minimum absolute atomic E-state index is 0.207. The summed E-state index contributed by atoms with van der Waals surface area (Å²) < 4.78 is 2.31. The number of rotatable bonds is 2. The Balaban J connectivity index is 1.87. The van der Waals surface area contributed by atoms with Gasteiger partial charge in [0.1, 0.15) is 16.0 Å². The van der Waals surface area contributed by atoms with E-state index in [-0.39, 0.29) is 5.56 Å². The number of nitriles is 1. The SMILES string of the molecule is C[C@@H]1CSC(SCc2cc(=O)n3[nH]cc(C#N)c3n2)=N1. The average molecular weight is 305 g/mol. The molecule has 20 heavy (non-hydrogen) atoms. The molecule has 0 amide bonds. The first kappa shape index (κ1) is 13.3. The minimum atomic E-state index is -0.207. The van der Waals surface area contributed by atoms with Gasteiger partial charge in [0, 0.05) is 23.8 Å². The minimum Gasteiger partial charge on any atom is -0.295 e. The highest BCUT2D eigenvalue weighted by Gasteiger charge is 2.15. The predicted octanol–water partition coefficient (Wildman–Crippen LogP) is 1.62. The Morgan fingerprint density at radius 1 is 1.70 bits per heavy atom. The van der Waals surface area contributed by atoms with Crippen molar-refractivity contribution in [3.8, 4) is 6.07 Å². The molecule has 3 rings (SSSR count). The standard InChI is InChI=1S/C12H11N5OS2/c1-7-5-19-12(15-7)20-6-9-2-10(18)17-11(16-9)8(3-13)4-14-17/h2,4,7,14H,5-6H2,1H3/t7-/m1/s1. The first-order valence-electron chi connectivity index (χ1n) is 6.01.